The zero-order valence-corrected chi connectivity index (χ0v) is 9.85. The highest BCUT2D eigenvalue weighted by Crippen LogP contribution is 2.37. The zero-order valence-electron chi connectivity index (χ0n) is 8.95. The van der Waals surface area contributed by atoms with Crippen LogP contribution in [0.4, 0.5) is 0 Å². The highest BCUT2D eigenvalue weighted by molar-refractivity contribution is 7.81. The van der Waals surface area contributed by atoms with Gasteiger partial charge < -0.3 is 9.47 Å². The van der Waals surface area contributed by atoms with Gasteiger partial charge in [-0.15, -0.1) is 0 Å². The third-order valence-corrected chi connectivity index (χ3v) is 3.85. The summed E-state index contributed by atoms with van der Waals surface area (Å²) < 4.78 is 11.1. The molecule has 0 atom stereocenters. The normalized spacial score (nSPS) is 28.5. The van der Waals surface area contributed by atoms with E-state index in [4.69, 9.17) is 22.1 Å². The van der Waals surface area contributed by atoms with E-state index in [0.717, 1.165) is 39.5 Å². The number of fused-ring (bicyclic) bond motifs is 1. The first-order valence-corrected chi connectivity index (χ1v) is 5.64. The lowest BCUT2D eigenvalue weighted by Gasteiger charge is -2.55. The number of nitrogens with zero attached hydrogens (tertiary/aromatic N) is 1. The molecule has 0 unspecified atom stereocenters. The maximum atomic E-state index is 5.60. The number of thiol groups is 1. The SMILES string of the molecule is CC(C)(S)C12COCCN1CCOC2. The molecule has 2 aliphatic heterocycles. The molecule has 0 aromatic heterocycles. The molecule has 0 radical (unpaired) electrons. The van der Waals surface area contributed by atoms with Crippen LogP contribution in [0, 0.1) is 0 Å². The Balaban J connectivity index is 2.25. The van der Waals surface area contributed by atoms with Crippen LogP contribution in [0.15, 0.2) is 0 Å². The lowest BCUT2D eigenvalue weighted by molar-refractivity contribution is -0.152. The zero-order chi connectivity index (χ0) is 10.2. The largest absolute Gasteiger partial charge is 0.378 e. The van der Waals surface area contributed by atoms with Crippen LogP contribution in [0.3, 0.4) is 0 Å². The highest BCUT2D eigenvalue weighted by atomic mass is 32.1. The van der Waals surface area contributed by atoms with E-state index in [0.29, 0.717) is 0 Å². The van der Waals surface area contributed by atoms with Gasteiger partial charge in [-0.3, -0.25) is 4.90 Å². The Morgan fingerprint density at radius 2 is 1.64 bits per heavy atom. The van der Waals surface area contributed by atoms with Gasteiger partial charge in [0.05, 0.1) is 32.0 Å². The minimum Gasteiger partial charge on any atom is -0.378 e. The number of hydrogen-bond donors (Lipinski definition) is 1. The second kappa shape index (κ2) is 3.67. The molecule has 2 fully saturated rings. The van der Waals surface area contributed by atoms with E-state index in [2.05, 4.69) is 18.7 Å². The van der Waals surface area contributed by atoms with Crippen molar-refractivity contribution in [3.63, 3.8) is 0 Å². The Morgan fingerprint density at radius 1 is 1.14 bits per heavy atom. The summed E-state index contributed by atoms with van der Waals surface area (Å²) in [5, 5.41) is 0. The molecule has 2 aliphatic rings. The summed E-state index contributed by atoms with van der Waals surface area (Å²) in [6.45, 7) is 9.46. The minimum atomic E-state index is -0.0894. The fraction of sp³-hybridized carbons (Fsp3) is 1.00. The van der Waals surface area contributed by atoms with E-state index in [-0.39, 0.29) is 10.3 Å². The predicted octanol–water partition coefficient (Wildman–Crippen LogP) is 0.796. The molecule has 2 rings (SSSR count). The van der Waals surface area contributed by atoms with Crippen LogP contribution in [0.2, 0.25) is 0 Å². The lowest BCUT2D eigenvalue weighted by Crippen LogP contribution is -2.70. The van der Waals surface area contributed by atoms with Gasteiger partial charge in [0, 0.05) is 17.8 Å². The molecule has 0 amide bonds. The van der Waals surface area contributed by atoms with Crippen LogP contribution in [0.5, 0.6) is 0 Å². The molecule has 2 saturated heterocycles. The van der Waals surface area contributed by atoms with Crippen LogP contribution in [0.25, 0.3) is 0 Å². The average molecular weight is 217 g/mol. The van der Waals surface area contributed by atoms with Crippen molar-refractivity contribution in [3.8, 4) is 0 Å². The molecule has 0 spiro atoms. The minimum absolute atomic E-state index is 0.0351. The summed E-state index contributed by atoms with van der Waals surface area (Å²) in [7, 11) is 0. The van der Waals surface area contributed by atoms with E-state index in [1.165, 1.54) is 0 Å². The Hall–Kier alpha value is 0.230. The number of morpholine rings is 2. The average Bonchev–Trinajstić information content (AvgIpc) is 2.16. The summed E-state index contributed by atoms with van der Waals surface area (Å²) in [6, 6.07) is 0. The van der Waals surface area contributed by atoms with E-state index < -0.39 is 0 Å². The first-order chi connectivity index (χ1) is 6.56. The molecule has 2 heterocycles. The first kappa shape index (κ1) is 10.7. The summed E-state index contributed by atoms with van der Waals surface area (Å²) in [4.78, 5) is 2.48. The lowest BCUT2D eigenvalue weighted by atomic mass is 9.83. The maximum absolute atomic E-state index is 5.60. The van der Waals surface area contributed by atoms with Crippen LogP contribution >= 0.6 is 12.6 Å². The smallest absolute Gasteiger partial charge is 0.0820 e. The van der Waals surface area contributed by atoms with Crippen LogP contribution < -0.4 is 0 Å². The van der Waals surface area contributed by atoms with Crippen molar-refractivity contribution >= 4 is 12.6 Å². The van der Waals surface area contributed by atoms with Crippen molar-refractivity contribution in [2.45, 2.75) is 24.1 Å². The topological polar surface area (TPSA) is 21.7 Å². The van der Waals surface area contributed by atoms with Gasteiger partial charge >= 0.3 is 0 Å². The van der Waals surface area contributed by atoms with Crippen molar-refractivity contribution in [1.82, 2.24) is 4.90 Å². The Bertz CT molecular complexity index is 203. The van der Waals surface area contributed by atoms with Crippen molar-refractivity contribution in [1.29, 1.82) is 0 Å². The Morgan fingerprint density at radius 3 is 2.00 bits per heavy atom. The van der Waals surface area contributed by atoms with Gasteiger partial charge in [-0.05, 0) is 13.8 Å². The second-order valence-electron chi connectivity index (χ2n) is 4.68. The molecule has 14 heavy (non-hydrogen) atoms. The summed E-state index contributed by atoms with van der Waals surface area (Å²) >= 11 is 4.71. The van der Waals surface area contributed by atoms with Gasteiger partial charge in [0.2, 0.25) is 0 Å². The van der Waals surface area contributed by atoms with Crippen molar-refractivity contribution in [2.75, 3.05) is 39.5 Å². The summed E-state index contributed by atoms with van der Waals surface area (Å²) in [5.74, 6) is 0. The second-order valence-corrected chi connectivity index (χ2v) is 5.80. The molecule has 3 nitrogen and oxygen atoms in total. The molecule has 0 saturated carbocycles. The van der Waals surface area contributed by atoms with E-state index in [1.54, 1.807) is 0 Å². The molecular weight excluding hydrogens is 198 g/mol. The van der Waals surface area contributed by atoms with E-state index in [1.807, 2.05) is 0 Å². The molecule has 0 aromatic rings. The number of hydrogen-bond acceptors (Lipinski definition) is 4. The van der Waals surface area contributed by atoms with Crippen molar-refractivity contribution < 1.29 is 9.47 Å². The highest BCUT2D eigenvalue weighted by Gasteiger charge is 2.51. The summed E-state index contributed by atoms with van der Waals surface area (Å²) in [5.41, 5.74) is -0.0351. The third-order valence-electron chi connectivity index (χ3n) is 3.44. The van der Waals surface area contributed by atoms with Crippen LogP contribution in [0.1, 0.15) is 13.8 Å². The van der Waals surface area contributed by atoms with Crippen molar-refractivity contribution in [2.24, 2.45) is 0 Å². The molecule has 0 aliphatic carbocycles. The van der Waals surface area contributed by atoms with Crippen LogP contribution in [-0.4, -0.2) is 54.7 Å². The maximum Gasteiger partial charge on any atom is 0.0820 e. The predicted molar refractivity (Wildman–Crippen MR) is 59.0 cm³/mol. The molecule has 0 N–H and O–H groups in total. The van der Waals surface area contributed by atoms with Crippen molar-refractivity contribution in [3.05, 3.63) is 0 Å². The van der Waals surface area contributed by atoms with E-state index in [9.17, 15) is 0 Å². The molecule has 0 aromatic carbocycles. The van der Waals surface area contributed by atoms with Crippen LogP contribution in [-0.2, 0) is 9.47 Å². The third kappa shape index (κ3) is 1.58. The van der Waals surface area contributed by atoms with Gasteiger partial charge in [-0.2, -0.15) is 12.6 Å². The van der Waals surface area contributed by atoms with Gasteiger partial charge in [0.1, 0.15) is 0 Å². The summed E-state index contributed by atoms with van der Waals surface area (Å²) in [6.07, 6.45) is 0. The Labute approximate surface area is 91.2 Å². The molecular formula is C10H19NO2S. The monoisotopic (exact) mass is 217 g/mol. The molecule has 4 heteroatoms. The van der Waals surface area contributed by atoms with Gasteiger partial charge in [0.25, 0.3) is 0 Å². The fourth-order valence-corrected chi connectivity index (χ4v) is 2.61. The van der Waals surface area contributed by atoms with E-state index >= 15 is 0 Å². The quantitative estimate of drug-likeness (QED) is 0.657. The first-order valence-electron chi connectivity index (χ1n) is 5.19. The molecule has 0 bridgehead atoms. The Kier molecular flexibility index (Phi) is 2.81. The van der Waals surface area contributed by atoms with Gasteiger partial charge in [0.15, 0.2) is 0 Å². The number of rotatable bonds is 1. The standard InChI is InChI=1S/C10H19NO2S/c1-9(2,14)10-7-12-5-3-11(10)4-6-13-8-10/h14H,3-8H2,1-2H3. The molecule has 82 valence electrons. The number of ether oxygens (including phenoxy) is 2. The fourth-order valence-electron chi connectivity index (χ4n) is 2.34. The van der Waals surface area contributed by atoms with Gasteiger partial charge in [-0.25, -0.2) is 0 Å². The van der Waals surface area contributed by atoms with Gasteiger partial charge in [-0.1, -0.05) is 0 Å².